The second kappa shape index (κ2) is 5.22. The summed E-state index contributed by atoms with van der Waals surface area (Å²) in [4.78, 5) is 6.91. The number of hydrogen-bond donors (Lipinski definition) is 2. The maximum Gasteiger partial charge on any atom is 0.269 e. The zero-order valence-corrected chi connectivity index (χ0v) is 11.8. The van der Waals surface area contributed by atoms with Crippen LogP contribution in [-0.4, -0.2) is 18.4 Å². The minimum absolute atomic E-state index is 0.0664. The van der Waals surface area contributed by atoms with E-state index in [1.54, 1.807) is 6.92 Å². The Hall–Kier alpha value is -1.93. The van der Waals surface area contributed by atoms with Crippen molar-refractivity contribution in [3.8, 4) is 0 Å². The van der Waals surface area contributed by atoms with Crippen LogP contribution in [0.4, 0.5) is 16.0 Å². The first kappa shape index (κ1) is 14.5. The van der Waals surface area contributed by atoms with Crippen molar-refractivity contribution >= 4 is 33.3 Å². The fraction of sp³-hybridized carbons (Fsp3) is 0.0909. The van der Waals surface area contributed by atoms with Gasteiger partial charge in [0.05, 0.1) is 5.69 Å². The van der Waals surface area contributed by atoms with Crippen molar-refractivity contribution in [1.29, 1.82) is 0 Å². The number of nitrogen functional groups attached to an aromatic ring is 1. The minimum atomic E-state index is -4.24. The van der Waals surface area contributed by atoms with E-state index in [-0.39, 0.29) is 16.8 Å². The Kier molecular flexibility index (Phi) is 3.78. The van der Waals surface area contributed by atoms with Gasteiger partial charge < -0.3 is 5.73 Å². The van der Waals surface area contributed by atoms with Crippen LogP contribution < -0.4 is 10.5 Å². The number of nitrogens with one attached hydrogen (secondary N) is 1. The van der Waals surface area contributed by atoms with Gasteiger partial charge in [-0.15, -0.1) is 0 Å². The lowest BCUT2D eigenvalue weighted by Gasteiger charge is -2.10. The third-order valence-electron chi connectivity index (χ3n) is 2.31. The molecule has 6 nitrogen and oxygen atoms in total. The number of sulfonamides is 1. The van der Waals surface area contributed by atoms with E-state index in [2.05, 4.69) is 9.97 Å². The number of aryl methyl sites for hydroxylation is 1. The second-order valence-electron chi connectivity index (χ2n) is 3.92. The van der Waals surface area contributed by atoms with E-state index < -0.39 is 20.7 Å². The molecule has 0 atom stereocenters. The molecule has 0 amide bonds. The van der Waals surface area contributed by atoms with Crippen LogP contribution in [0.2, 0.25) is 5.15 Å². The second-order valence-corrected chi connectivity index (χ2v) is 5.93. The molecule has 0 bridgehead atoms. The molecule has 0 aliphatic rings. The predicted molar refractivity (Wildman–Crippen MR) is 73.4 cm³/mol. The average Bonchev–Trinajstić information content (AvgIpc) is 2.25. The average molecular weight is 317 g/mol. The number of nitrogens with two attached hydrogens (primary N) is 1. The quantitative estimate of drug-likeness (QED) is 0.666. The van der Waals surface area contributed by atoms with Crippen molar-refractivity contribution in [3.63, 3.8) is 0 Å². The summed E-state index contributed by atoms with van der Waals surface area (Å²) < 4.78 is 39.9. The molecule has 3 N–H and O–H groups in total. The molecule has 9 heteroatoms. The Morgan fingerprint density at radius 2 is 2.05 bits per heavy atom. The number of hydrogen-bond acceptors (Lipinski definition) is 5. The van der Waals surface area contributed by atoms with Crippen LogP contribution in [-0.2, 0) is 10.0 Å². The molecular formula is C11H10ClFN4O2S. The number of halogens is 2. The summed E-state index contributed by atoms with van der Waals surface area (Å²) in [7, 11) is -4.24. The molecule has 0 aliphatic heterocycles. The van der Waals surface area contributed by atoms with E-state index in [0.717, 1.165) is 6.07 Å². The smallest absolute Gasteiger partial charge is 0.269 e. The van der Waals surface area contributed by atoms with Crippen LogP contribution in [0.1, 0.15) is 5.69 Å². The summed E-state index contributed by atoms with van der Waals surface area (Å²) in [6.07, 6.45) is 0. The lowest BCUT2D eigenvalue weighted by molar-refractivity contribution is 0.571. The Bertz CT molecular complexity index is 727. The highest BCUT2D eigenvalue weighted by Gasteiger charge is 2.23. The molecule has 2 aromatic rings. The van der Waals surface area contributed by atoms with Gasteiger partial charge in [0, 0.05) is 5.69 Å². The van der Waals surface area contributed by atoms with E-state index in [1.807, 2.05) is 4.72 Å². The Morgan fingerprint density at radius 3 is 2.65 bits per heavy atom. The molecule has 1 aromatic heterocycles. The molecule has 0 fully saturated rings. The molecule has 0 unspecified atom stereocenters. The topological polar surface area (TPSA) is 98.0 Å². The predicted octanol–water partition coefficient (Wildman–Crippen LogP) is 1.96. The summed E-state index contributed by atoms with van der Waals surface area (Å²) in [6, 6.07) is 5.04. The van der Waals surface area contributed by atoms with Gasteiger partial charge in [-0.2, -0.15) is 0 Å². The zero-order valence-electron chi connectivity index (χ0n) is 10.3. The number of benzene rings is 1. The third kappa shape index (κ3) is 2.97. The SMILES string of the molecule is Cc1cc(Cl)nc(NS(=O)(=O)c2c(N)cccc2F)n1. The third-order valence-corrected chi connectivity index (χ3v) is 3.93. The van der Waals surface area contributed by atoms with Gasteiger partial charge in [-0.05, 0) is 25.1 Å². The van der Waals surface area contributed by atoms with Crippen LogP contribution in [0, 0.1) is 12.7 Å². The summed E-state index contributed by atoms with van der Waals surface area (Å²) in [5.41, 5.74) is 5.75. The number of rotatable bonds is 3. The molecular weight excluding hydrogens is 307 g/mol. The van der Waals surface area contributed by atoms with E-state index in [4.69, 9.17) is 17.3 Å². The maximum absolute atomic E-state index is 13.6. The highest BCUT2D eigenvalue weighted by molar-refractivity contribution is 7.92. The van der Waals surface area contributed by atoms with Crippen molar-refractivity contribution in [1.82, 2.24) is 9.97 Å². The van der Waals surface area contributed by atoms with E-state index in [9.17, 15) is 12.8 Å². The first-order valence-electron chi connectivity index (χ1n) is 5.37. The van der Waals surface area contributed by atoms with Gasteiger partial charge in [0.15, 0.2) is 0 Å². The van der Waals surface area contributed by atoms with Gasteiger partial charge in [-0.25, -0.2) is 27.5 Å². The fourth-order valence-corrected chi connectivity index (χ4v) is 2.93. The number of nitrogens with zero attached hydrogens (tertiary/aromatic N) is 2. The molecule has 0 saturated carbocycles. The monoisotopic (exact) mass is 316 g/mol. The van der Waals surface area contributed by atoms with Crippen molar-refractivity contribution in [3.05, 3.63) is 40.9 Å². The van der Waals surface area contributed by atoms with E-state index in [0.29, 0.717) is 5.69 Å². The van der Waals surface area contributed by atoms with Crippen LogP contribution in [0.25, 0.3) is 0 Å². The molecule has 1 aromatic carbocycles. The molecule has 0 saturated heterocycles. The lowest BCUT2D eigenvalue weighted by Crippen LogP contribution is -2.18. The summed E-state index contributed by atoms with van der Waals surface area (Å²) in [5.74, 6) is -1.21. The number of aromatic nitrogens is 2. The van der Waals surface area contributed by atoms with E-state index >= 15 is 0 Å². The van der Waals surface area contributed by atoms with Gasteiger partial charge in [-0.3, -0.25) is 0 Å². The van der Waals surface area contributed by atoms with Crippen molar-refractivity contribution in [2.75, 3.05) is 10.5 Å². The largest absolute Gasteiger partial charge is 0.398 e. The molecule has 2 rings (SSSR count). The normalized spacial score (nSPS) is 11.3. The van der Waals surface area contributed by atoms with Crippen LogP contribution >= 0.6 is 11.6 Å². The highest BCUT2D eigenvalue weighted by Crippen LogP contribution is 2.23. The van der Waals surface area contributed by atoms with Crippen molar-refractivity contribution in [2.45, 2.75) is 11.8 Å². The first-order valence-corrected chi connectivity index (χ1v) is 7.24. The summed E-state index contributed by atoms with van der Waals surface area (Å²) >= 11 is 5.70. The van der Waals surface area contributed by atoms with Crippen LogP contribution in [0.15, 0.2) is 29.2 Å². The molecule has 1 heterocycles. The van der Waals surface area contributed by atoms with Gasteiger partial charge in [0.25, 0.3) is 10.0 Å². The van der Waals surface area contributed by atoms with Gasteiger partial charge in [-0.1, -0.05) is 17.7 Å². The Balaban J connectivity index is 2.46. The summed E-state index contributed by atoms with van der Waals surface area (Å²) in [5, 5.41) is 0.0664. The Morgan fingerprint density at radius 1 is 1.35 bits per heavy atom. The molecule has 0 spiro atoms. The van der Waals surface area contributed by atoms with Gasteiger partial charge in [0.2, 0.25) is 5.95 Å². The van der Waals surface area contributed by atoms with Crippen LogP contribution in [0.3, 0.4) is 0 Å². The fourth-order valence-electron chi connectivity index (χ4n) is 1.56. The van der Waals surface area contributed by atoms with Crippen LogP contribution in [0.5, 0.6) is 0 Å². The molecule has 106 valence electrons. The van der Waals surface area contributed by atoms with E-state index in [1.165, 1.54) is 18.2 Å². The molecule has 0 radical (unpaired) electrons. The van der Waals surface area contributed by atoms with Gasteiger partial charge >= 0.3 is 0 Å². The zero-order chi connectivity index (χ0) is 14.9. The van der Waals surface area contributed by atoms with Crippen molar-refractivity contribution < 1.29 is 12.8 Å². The molecule has 0 aliphatic carbocycles. The number of anilines is 2. The van der Waals surface area contributed by atoms with Gasteiger partial charge in [0.1, 0.15) is 15.9 Å². The Labute approximate surface area is 119 Å². The standard InChI is InChI=1S/C11H10ClFN4O2S/c1-6-5-9(12)16-11(15-6)17-20(18,19)10-7(13)3-2-4-8(10)14/h2-5H,14H2,1H3,(H,15,16,17). The highest BCUT2D eigenvalue weighted by atomic mass is 35.5. The molecule has 20 heavy (non-hydrogen) atoms. The first-order chi connectivity index (χ1) is 9.29. The lowest BCUT2D eigenvalue weighted by atomic mass is 10.3. The minimum Gasteiger partial charge on any atom is -0.398 e. The maximum atomic E-state index is 13.6. The summed E-state index contributed by atoms with van der Waals surface area (Å²) in [6.45, 7) is 1.61. The van der Waals surface area contributed by atoms with Crippen molar-refractivity contribution in [2.24, 2.45) is 0 Å².